The Balaban J connectivity index is 2.41. The van der Waals surface area contributed by atoms with Gasteiger partial charge in [-0.2, -0.15) is 0 Å². The third-order valence-corrected chi connectivity index (χ3v) is 1.80. The summed E-state index contributed by atoms with van der Waals surface area (Å²) in [7, 11) is 0. The Hall–Kier alpha value is -0.830. The molecule has 0 amide bonds. The first-order valence-electron chi connectivity index (χ1n) is 4.39. The number of aromatic nitrogens is 1. The number of nitrogens with zero attached hydrogens (tertiary/aromatic N) is 1. The van der Waals surface area contributed by atoms with Crippen LogP contribution in [0.1, 0.15) is 31.4 Å². The van der Waals surface area contributed by atoms with Crippen molar-refractivity contribution in [1.29, 1.82) is 0 Å². The fourth-order valence-corrected chi connectivity index (χ4v) is 1.24. The van der Waals surface area contributed by atoms with Gasteiger partial charge in [-0.15, -0.1) is 0 Å². The highest BCUT2D eigenvalue weighted by atomic mass is 16.3. The molecule has 0 fully saturated rings. The van der Waals surface area contributed by atoms with Crippen LogP contribution in [0.25, 0.3) is 0 Å². The average Bonchev–Trinajstić information content (AvgIpc) is 2.36. The average molecular weight is 168 g/mol. The molecule has 1 heterocycles. The minimum atomic E-state index is 0.222. The Labute approximate surface area is 73.0 Å². The number of hydrogen-bond donors (Lipinski definition) is 1. The van der Waals surface area contributed by atoms with Crippen LogP contribution in [-0.2, 0) is 6.42 Å². The van der Waals surface area contributed by atoms with Gasteiger partial charge in [-0.05, 0) is 6.42 Å². The highest BCUT2D eigenvalue weighted by Crippen LogP contribution is 2.05. The molecule has 0 bridgehead atoms. The Bertz CT molecular complexity index is 232. The maximum Gasteiger partial charge on any atom is 0.191 e. The molecule has 1 unspecified atom stereocenters. The van der Waals surface area contributed by atoms with Crippen molar-refractivity contribution in [1.82, 2.24) is 4.98 Å². The maximum atomic E-state index is 5.84. The Morgan fingerprint density at radius 3 is 2.92 bits per heavy atom. The van der Waals surface area contributed by atoms with Crippen molar-refractivity contribution in [3.8, 4) is 0 Å². The van der Waals surface area contributed by atoms with Crippen molar-refractivity contribution in [2.45, 2.75) is 39.2 Å². The van der Waals surface area contributed by atoms with Crippen LogP contribution in [0.2, 0.25) is 0 Å². The van der Waals surface area contributed by atoms with Gasteiger partial charge in [-0.3, -0.25) is 0 Å². The van der Waals surface area contributed by atoms with E-state index in [1.807, 2.05) is 6.92 Å². The largest absolute Gasteiger partial charge is 0.449 e. The van der Waals surface area contributed by atoms with E-state index in [2.05, 4.69) is 11.9 Å². The molecule has 0 saturated heterocycles. The molecule has 0 aliphatic heterocycles. The lowest BCUT2D eigenvalue weighted by Gasteiger charge is -2.06. The molecule has 0 saturated carbocycles. The zero-order valence-electron chi connectivity index (χ0n) is 7.71. The Kier molecular flexibility index (Phi) is 3.29. The summed E-state index contributed by atoms with van der Waals surface area (Å²) in [5, 5.41) is 0. The minimum Gasteiger partial charge on any atom is -0.449 e. The van der Waals surface area contributed by atoms with Gasteiger partial charge in [-0.25, -0.2) is 4.98 Å². The molecule has 0 spiro atoms. The van der Waals surface area contributed by atoms with Gasteiger partial charge < -0.3 is 10.2 Å². The lowest BCUT2D eigenvalue weighted by atomic mass is 10.1. The van der Waals surface area contributed by atoms with Crippen LogP contribution in [0, 0.1) is 6.92 Å². The molecule has 1 atom stereocenters. The monoisotopic (exact) mass is 168 g/mol. The predicted octanol–water partition coefficient (Wildman–Crippen LogP) is 1.65. The van der Waals surface area contributed by atoms with Crippen molar-refractivity contribution in [2.75, 3.05) is 0 Å². The van der Waals surface area contributed by atoms with Gasteiger partial charge in [0.05, 0.1) is 5.69 Å². The van der Waals surface area contributed by atoms with Crippen LogP contribution in [0.3, 0.4) is 0 Å². The van der Waals surface area contributed by atoms with Gasteiger partial charge in [0.15, 0.2) is 5.89 Å². The molecule has 0 radical (unpaired) electrons. The minimum absolute atomic E-state index is 0.222. The van der Waals surface area contributed by atoms with Crippen molar-refractivity contribution in [3.63, 3.8) is 0 Å². The van der Waals surface area contributed by atoms with Crippen LogP contribution in [0.15, 0.2) is 10.7 Å². The summed E-state index contributed by atoms with van der Waals surface area (Å²) < 4.78 is 5.08. The predicted molar refractivity (Wildman–Crippen MR) is 47.8 cm³/mol. The van der Waals surface area contributed by atoms with Crippen molar-refractivity contribution < 1.29 is 4.42 Å². The second-order valence-electron chi connectivity index (χ2n) is 3.11. The normalized spacial score (nSPS) is 13.2. The number of aryl methyl sites for hydroxylation is 1. The third-order valence-electron chi connectivity index (χ3n) is 1.80. The van der Waals surface area contributed by atoms with Gasteiger partial charge in [0.1, 0.15) is 6.26 Å². The highest BCUT2D eigenvalue weighted by Gasteiger charge is 2.05. The molecule has 68 valence electrons. The summed E-state index contributed by atoms with van der Waals surface area (Å²) in [5.41, 5.74) is 6.81. The highest BCUT2D eigenvalue weighted by molar-refractivity contribution is 4.97. The molecule has 0 aliphatic carbocycles. The zero-order valence-corrected chi connectivity index (χ0v) is 7.71. The number of rotatable bonds is 4. The molecule has 1 rings (SSSR count). The van der Waals surface area contributed by atoms with Gasteiger partial charge >= 0.3 is 0 Å². The molecular weight excluding hydrogens is 152 g/mol. The summed E-state index contributed by atoms with van der Waals surface area (Å²) in [6.45, 7) is 3.97. The van der Waals surface area contributed by atoms with Gasteiger partial charge in [0.2, 0.25) is 0 Å². The summed E-state index contributed by atoms with van der Waals surface area (Å²) in [4.78, 5) is 4.19. The Morgan fingerprint density at radius 1 is 1.67 bits per heavy atom. The molecule has 0 aliphatic rings. The van der Waals surface area contributed by atoms with Gasteiger partial charge in [0, 0.05) is 19.4 Å². The second kappa shape index (κ2) is 4.26. The van der Waals surface area contributed by atoms with Crippen molar-refractivity contribution in [2.24, 2.45) is 5.73 Å². The fourth-order valence-electron chi connectivity index (χ4n) is 1.24. The van der Waals surface area contributed by atoms with E-state index in [1.165, 1.54) is 0 Å². The summed E-state index contributed by atoms with van der Waals surface area (Å²) in [6, 6.07) is 0.222. The molecule has 1 aromatic rings. The molecule has 3 heteroatoms. The number of hydrogen-bond acceptors (Lipinski definition) is 3. The van der Waals surface area contributed by atoms with E-state index >= 15 is 0 Å². The fraction of sp³-hybridized carbons (Fsp3) is 0.667. The standard InChI is InChI=1S/C9H16N2O/c1-3-4-8(10)5-9-6-12-7(2)11-9/h6,8H,3-5,10H2,1-2H3. The van der Waals surface area contributed by atoms with Crippen molar-refractivity contribution >= 4 is 0 Å². The van der Waals surface area contributed by atoms with Gasteiger partial charge in [-0.1, -0.05) is 13.3 Å². The van der Waals surface area contributed by atoms with Crippen LogP contribution in [0.4, 0.5) is 0 Å². The van der Waals surface area contributed by atoms with E-state index in [9.17, 15) is 0 Å². The zero-order chi connectivity index (χ0) is 8.97. The van der Waals surface area contributed by atoms with Crippen molar-refractivity contribution in [3.05, 3.63) is 17.8 Å². The van der Waals surface area contributed by atoms with E-state index in [4.69, 9.17) is 10.2 Å². The molecule has 12 heavy (non-hydrogen) atoms. The van der Waals surface area contributed by atoms with Gasteiger partial charge in [0.25, 0.3) is 0 Å². The quantitative estimate of drug-likeness (QED) is 0.743. The van der Waals surface area contributed by atoms with Crippen LogP contribution < -0.4 is 5.73 Å². The lowest BCUT2D eigenvalue weighted by Crippen LogP contribution is -2.22. The molecular formula is C9H16N2O. The topological polar surface area (TPSA) is 52.0 Å². The van der Waals surface area contributed by atoms with Crippen LogP contribution in [-0.4, -0.2) is 11.0 Å². The summed E-state index contributed by atoms with van der Waals surface area (Å²) >= 11 is 0. The summed E-state index contributed by atoms with van der Waals surface area (Å²) in [5.74, 6) is 0.716. The SMILES string of the molecule is CCCC(N)Cc1coc(C)n1. The van der Waals surface area contributed by atoms with E-state index in [1.54, 1.807) is 6.26 Å². The lowest BCUT2D eigenvalue weighted by molar-refractivity contribution is 0.519. The number of nitrogens with two attached hydrogens (primary N) is 1. The van der Waals surface area contributed by atoms with Crippen LogP contribution >= 0.6 is 0 Å². The van der Waals surface area contributed by atoms with E-state index in [-0.39, 0.29) is 6.04 Å². The van der Waals surface area contributed by atoms with E-state index < -0.39 is 0 Å². The summed E-state index contributed by atoms with van der Waals surface area (Å²) in [6.07, 6.45) is 4.68. The smallest absolute Gasteiger partial charge is 0.191 e. The van der Waals surface area contributed by atoms with E-state index in [0.717, 1.165) is 25.0 Å². The molecule has 1 aromatic heterocycles. The third kappa shape index (κ3) is 2.66. The van der Waals surface area contributed by atoms with Crippen LogP contribution in [0.5, 0.6) is 0 Å². The molecule has 3 nitrogen and oxygen atoms in total. The second-order valence-corrected chi connectivity index (χ2v) is 3.11. The molecule has 2 N–H and O–H groups in total. The first-order valence-corrected chi connectivity index (χ1v) is 4.39. The molecule has 0 aromatic carbocycles. The Morgan fingerprint density at radius 2 is 2.42 bits per heavy atom. The maximum absolute atomic E-state index is 5.84. The number of oxazole rings is 1. The van der Waals surface area contributed by atoms with E-state index in [0.29, 0.717) is 5.89 Å². The first kappa shape index (κ1) is 9.26. The first-order chi connectivity index (χ1) is 5.72.